The lowest BCUT2D eigenvalue weighted by Gasteiger charge is -2.12. The zero-order valence-corrected chi connectivity index (χ0v) is 40.0. The summed E-state index contributed by atoms with van der Waals surface area (Å²) in [7, 11) is 0. The summed E-state index contributed by atoms with van der Waals surface area (Å²) in [6.45, 7) is 0. The van der Waals surface area contributed by atoms with Crippen molar-refractivity contribution in [3.63, 3.8) is 0 Å². The number of aromatic nitrogens is 4. The summed E-state index contributed by atoms with van der Waals surface area (Å²) in [5.41, 5.74) is 10.1. The first-order chi connectivity index (χ1) is 35.2. The molecule has 0 saturated heterocycles. The van der Waals surface area contributed by atoms with Crippen LogP contribution in [0.25, 0.3) is 155 Å². The summed E-state index contributed by atoms with van der Waals surface area (Å²) in [6.07, 6.45) is 0. The molecule has 16 aromatic rings. The topological polar surface area (TPSA) is 56.7 Å². The minimum atomic E-state index is 0.592. The Hall–Kier alpha value is -8.53. The summed E-state index contributed by atoms with van der Waals surface area (Å²) in [4.78, 5) is 16.0. The van der Waals surface area contributed by atoms with E-state index in [1.54, 1.807) is 22.7 Å². The van der Waals surface area contributed by atoms with Crippen LogP contribution in [0.3, 0.4) is 0 Å². The highest BCUT2D eigenvalue weighted by molar-refractivity contribution is 7.26. The van der Waals surface area contributed by atoms with Crippen molar-refractivity contribution in [3.8, 4) is 51.0 Å². The van der Waals surface area contributed by atoms with Crippen LogP contribution < -0.4 is 0 Å². The van der Waals surface area contributed by atoms with Crippen molar-refractivity contribution in [1.82, 2.24) is 19.5 Å². The van der Waals surface area contributed by atoms with Crippen LogP contribution in [0.4, 0.5) is 0 Å². The van der Waals surface area contributed by atoms with E-state index in [4.69, 9.17) is 19.4 Å². The highest BCUT2D eigenvalue weighted by Crippen LogP contribution is 2.47. The molecule has 0 radical (unpaired) electrons. The number of para-hydroxylation sites is 2. The van der Waals surface area contributed by atoms with E-state index in [9.17, 15) is 0 Å². The molecule has 0 amide bonds. The molecular weight excluding hydrogens is 925 g/mol. The monoisotopic (exact) mass is 958 g/mol. The molecule has 5 nitrogen and oxygen atoms in total. The third-order valence-corrected chi connectivity index (χ3v) is 17.7. The fraction of sp³-hybridized carbons (Fsp3) is 0. The number of nitrogens with zero attached hydrogens (tertiary/aromatic N) is 4. The molecule has 8 heteroatoms. The fourth-order valence-electron chi connectivity index (χ4n) is 11.1. The third kappa shape index (κ3) is 5.87. The Balaban J connectivity index is 0.925. The van der Waals surface area contributed by atoms with Gasteiger partial charge < -0.3 is 8.98 Å². The molecule has 16 rings (SSSR count). The van der Waals surface area contributed by atoms with Gasteiger partial charge in [0, 0.05) is 110 Å². The molecule has 0 N–H and O–H groups in total. The van der Waals surface area contributed by atoms with Gasteiger partial charge in [0.05, 0.1) is 11.0 Å². The van der Waals surface area contributed by atoms with E-state index in [0.717, 1.165) is 55.4 Å². The maximum atomic E-state index is 6.73. The largest absolute Gasteiger partial charge is 0.456 e. The minimum Gasteiger partial charge on any atom is -0.456 e. The Morgan fingerprint density at radius 3 is 1.61 bits per heavy atom. The van der Waals surface area contributed by atoms with Gasteiger partial charge in [0.15, 0.2) is 17.5 Å². The average molecular weight is 959 g/mol. The molecule has 0 bridgehead atoms. The summed E-state index contributed by atoms with van der Waals surface area (Å²) < 4.78 is 16.7. The summed E-state index contributed by atoms with van der Waals surface area (Å²) in [5, 5.41) is 12.1. The van der Waals surface area contributed by atoms with Gasteiger partial charge in [-0.2, -0.15) is 0 Å². The Morgan fingerprint density at radius 2 is 0.887 bits per heavy atom. The van der Waals surface area contributed by atoms with E-state index in [1.165, 1.54) is 82.3 Å². The Labute approximate surface area is 416 Å². The lowest BCUT2D eigenvalue weighted by molar-refractivity contribution is 0.669. The first-order valence-corrected chi connectivity index (χ1v) is 26.1. The van der Waals surface area contributed by atoms with Crippen LogP contribution in [0.15, 0.2) is 211 Å². The van der Waals surface area contributed by atoms with Gasteiger partial charge in [-0.1, -0.05) is 133 Å². The smallest absolute Gasteiger partial charge is 0.164 e. The number of hydrogen-bond acceptors (Lipinski definition) is 7. The molecule has 0 fully saturated rings. The lowest BCUT2D eigenvalue weighted by atomic mass is 9.98. The normalized spacial score (nSPS) is 12.2. The molecule has 0 atom stereocenters. The second-order valence-electron chi connectivity index (χ2n) is 18.2. The SMILES string of the molecule is c1ccc(-n2c3ccc4sc5ccccc5c4c3c3cccc(-c4ccc5oc6cccc(-c7nc(-c8ccc9c(c8)sc8ccccc89)nc(-c8ccc9c(c8)sc8ccccc89)n7)c6c5c4)c32)cc1. The summed E-state index contributed by atoms with van der Waals surface area (Å²) >= 11 is 5.46. The number of furan rings is 1. The number of thiophene rings is 3. The predicted octanol–water partition coefficient (Wildman–Crippen LogP) is 18.6. The van der Waals surface area contributed by atoms with Crippen molar-refractivity contribution in [2.24, 2.45) is 0 Å². The van der Waals surface area contributed by atoms with Gasteiger partial charge in [-0.25, -0.2) is 15.0 Å². The van der Waals surface area contributed by atoms with Crippen molar-refractivity contribution in [2.45, 2.75) is 0 Å². The molecule has 10 aromatic carbocycles. The molecule has 6 heterocycles. The number of hydrogen-bond donors (Lipinski definition) is 0. The molecule has 0 spiro atoms. The zero-order valence-electron chi connectivity index (χ0n) is 37.6. The molecule has 6 aromatic heterocycles. The Bertz CT molecular complexity index is 4770. The van der Waals surface area contributed by atoms with Crippen LogP contribution in [-0.2, 0) is 0 Å². The van der Waals surface area contributed by atoms with E-state index in [2.05, 4.69) is 205 Å². The highest BCUT2D eigenvalue weighted by Gasteiger charge is 2.23. The number of benzene rings is 10. The standard InChI is InChI=1S/C63H34N4OS3/c1-2-12-38(13-3-1)67-48-29-31-54-59(44-16-6-9-23-53(44)69-54)58(48)45-18-10-17-39(60(45)67)35-26-30-49-47(32-35)57-46(19-11-20-50(57)68-49)63-65-61(36-24-27-42-40-14-4-7-21-51(40)70-55(42)33-36)64-62(66-63)37-25-28-43-41-15-5-8-22-52(41)71-56(43)34-37/h1-34H. The first kappa shape index (κ1) is 39.3. The van der Waals surface area contributed by atoms with E-state index >= 15 is 0 Å². The van der Waals surface area contributed by atoms with Crippen LogP contribution in [0.2, 0.25) is 0 Å². The predicted molar refractivity (Wildman–Crippen MR) is 302 cm³/mol. The van der Waals surface area contributed by atoms with Gasteiger partial charge in [0.1, 0.15) is 11.2 Å². The van der Waals surface area contributed by atoms with Crippen molar-refractivity contribution < 1.29 is 4.42 Å². The average Bonchev–Trinajstić information content (AvgIpc) is 4.25. The maximum Gasteiger partial charge on any atom is 0.164 e. The zero-order chi connectivity index (χ0) is 46.3. The van der Waals surface area contributed by atoms with Gasteiger partial charge in [-0.3, -0.25) is 0 Å². The third-order valence-electron chi connectivity index (χ3n) is 14.3. The second kappa shape index (κ2) is 15.0. The van der Waals surface area contributed by atoms with Gasteiger partial charge in [0.2, 0.25) is 0 Å². The van der Waals surface area contributed by atoms with Crippen LogP contribution in [0.1, 0.15) is 0 Å². The molecule has 0 aliphatic heterocycles. The van der Waals surface area contributed by atoms with Crippen molar-refractivity contribution >= 4 is 138 Å². The van der Waals surface area contributed by atoms with Gasteiger partial charge in [-0.15, -0.1) is 34.0 Å². The van der Waals surface area contributed by atoms with E-state index in [-0.39, 0.29) is 0 Å². The van der Waals surface area contributed by atoms with E-state index in [1.807, 2.05) is 17.4 Å². The molecular formula is C63H34N4OS3. The number of rotatable bonds is 5. The Kier molecular flexibility index (Phi) is 8.30. The molecule has 330 valence electrons. The summed E-state index contributed by atoms with van der Waals surface area (Å²) in [6, 6.07) is 74.2. The molecule has 0 saturated carbocycles. The Morgan fingerprint density at radius 1 is 0.324 bits per heavy atom. The van der Waals surface area contributed by atoms with E-state index < -0.39 is 0 Å². The molecule has 71 heavy (non-hydrogen) atoms. The second-order valence-corrected chi connectivity index (χ2v) is 21.5. The van der Waals surface area contributed by atoms with Gasteiger partial charge in [-0.05, 0) is 78.4 Å². The first-order valence-electron chi connectivity index (χ1n) is 23.7. The van der Waals surface area contributed by atoms with Crippen molar-refractivity contribution in [2.75, 3.05) is 0 Å². The quantitative estimate of drug-likeness (QED) is 0.172. The summed E-state index contributed by atoms with van der Waals surface area (Å²) in [5.74, 6) is 1.84. The molecule has 0 aliphatic carbocycles. The fourth-order valence-corrected chi connectivity index (χ4v) is 14.5. The minimum absolute atomic E-state index is 0.592. The molecule has 0 unspecified atom stereocenters. The van der Waals surface area contributed by atoms with Crippen molar-refractivity contribution in [3.05, 3.63) is 206 Å². The lowest BCUT2D eigenvalue weighted by Crippen LogP contribution is -2.00. The highest BCUT2D eigenvalue weighted by atomic mass is 32.1. The molecule has 0 aliphatic rings. The van der Waals surface area contributed by atoms with E-state index in [0.29, 0.717) is 17.5 Å². The van der Waals surface area contributed by atoms with Crippen LogP contribution in [-0.4, -0.2) is 19.5 Å². The van der Waals surface area contributed by atoms with Crippen LogP contribution >= 0.6 is 34.0 Å². The van der Waals surface area contributed by atoms with Gasteiger partial charge >= 0.3 is 0 Å². The number of fused-ring (bicyclic) bond motifs is 16. The van der Waals surface area contributed by atoms with Crippen LogP contribution in [0, 0.1) is 0 Å². The van der Waals surface area contributed by atoms with Gasteiger partial charge in [0.25, 0.3) is 0 Å². The maximum absolute atomic E-state index is 6.73. The van der Waals surface area contributed by atoms with Crippen molar-refractivity contribution in [1.29, 1.82) is 0 Å². The van der Waals surface area contributed by atoms with Crippen LogP contribution in [0.5, 0.6) is 0 Å².